The molecule has 0 aliphatic rings. The standard InChI is InChI=1S/C26H20N2O4/c1-30-21-9-11-22(12-10-21)31-16-25(29)27-20-8-13-24-23(15-20)28-26(32-24)19-7-6-17-4-2-3-5-18(17)14-19/h2-15H,16H2,1H3,(H,27,29). The van der Waals surface area contributed by atoms with Crippen molar-refractivity contribution in [3.05, 3.63) is 84.9 Å². The number of carbonyl (C=O) groups is 1. The van der Waals surface area contributed by atoms with E-state index in [2.05, 4.69) is 28.5 Å². The van der Waals surface area contributed by atoms with Crippen molar-refractivity contribution in [2.75, 3.05) is 19.0 Å². The molecule has 0 aliphatic carbocycles. The van der Waals surface area contributed by atoms with E-state index in [1.165, 1.54) is 0 Å². The fourth-order valence-corrected chi connectivity index (χ4v) is 3.47. The largest absolute Gasteiger partial charge is 0.497 e. The highest BCUT2D eigenvalue weighted by Crippen LogP contribution is 2.28. The Kier molecular flexibility index (Phi) is 5.17. The SMILES string of the molecule is COc1ccc(OCC(=O)Nc2ccc3oc(-c4ccc5ccccc5c4)nc3c2)cc1. The van der Waals surface area contributed by atoms with Gasteiger partial charge >= 0.3 is 0 Å². The molecule has 0 saturated heterocycles. The summed E-state index contributed by atoms with van der Waals surface area (Å²) in [5.41, 5.74) is 2.85. The number of nitrogens with one attached hydrogen (secondary N) is 1. The van der Waals surface area contributed by atoms with Crippen LogP contribution in [0.5, 0.6) is 11.5 Å². The van der Waals surface area contributed by atoms with Gasteiger partial charge in [-0.15, -0.1) is 0 Å². The van der Waals surface area contributed by atoms with Crippen LogP contribution in [0.4, 0.5) is 5.69 Å². The molecule has 1 N–H and O–H groups in total. The monoisotopic (exact) mass is 424 g/mol. The summed E-state index contributed by atoms with van der Waals surface area (Å²) in [6.07, 6.45) is 0. The average Bonchev–Trinajstić information content (AvgIpc) is 3.26. The van der Waals surface area contributed by atoms with Gasteiger partial charge in [0, 0.05) is 11.3 Å². The van der Waals surface area contributed by atoms with Crippen LogP contribution in [0.3, 0.4) is 0 Å². The number of anilines is 1. The van der Waals surface area contributed by atoms with Crippen molar-refractivity contribution in [1.82, 2.24) is 4.98 Å². The zero-order valence-electron chi connectivity index (χ0n) is 17.4. The number of aromatic nitrogens is 1. The van der Waals surface area contributed by atoms with Crippen LogP contribution in [0.1, 0.15) is 0 Å². The lowest BCUT2D eigenvalue weighted by Crippen LogP contribution is -2.20. The van der Waals surface area contributed by atoms with Gasteiger partial charge in [-0.3, -0.25) is 4.79 Å². The van der Waals surface area contributed by atoms with Gasteiger partial charge in [0.15, 0.2) is 12.2 Å². The highest BCUT2D eigenvalue weighted by molar-refractivity contribution is 5.94. The third-order valence-electron chi connectivity index (χ3n) is 5.10. The second kappa shape index (κ2) is 8.43. The van der Waals surface area contributed by atoms with E-state index in [1.54, 1.807) is 49.6 Å². The zero-order valence-corrected chi connectivity index (χ0v) is 17.4. The van der Waals surface area contributed by atoms with E-state index in [4.69, 9.17) is 13.9 Å². The summed E-state index contributed by atoms with van der Waals surface area (Å²) in [6, 6.07) is 26.7. The van der Waals surface area contributed by atoms with Crippen molar-refractivity contribution < 1.29 is 18.7 Å². The maximum absolute atomic E-state index is 12.3. The van der Waals surface area contributed by atoms with E-state index in [-0.39, 0.29) is 12.5 Å². The van der Waals surface area contributed by atoms with Gasteiger partial charge in [-0.05, 0) is 65.4 Å². The Bertz CT molecular complexity index is 1410. The van der Waals surface area contributed by atoms with Crippen molar-refractivity contribution in [3.63, 3.8) is 0 Å². The molecule has 0 fully saturated rings. The lowest BCUT2D eigenvalue weighted by molar-refractivity contribution is -0.118. The van der Waals surface area contributed by atoms with Crippen LogP contribution < -0.4 is 14.8 Å². The third kappa shape index (κ3) is 4.11. The minimum atomic E-state index is -0.265. The molecule has 0 saturated carbocycles. The Balaban J connectivity index is 1.29. The molecular weight excluding hydrogens is 404 g/mol. The molecule has 6 nitrogen and oxygen atoms in total. The maximum atomic E-state index is 12.3. The van der Waals surface area contributed by atoms with Crippen LogP contribution >= 0.6 is 0 Å². The highest BCUT2D eigenvalue weighted by atomic mass is 16.5. The Morgan fingerprint density at radius 1 is 0.906 bits per heavy atom. The quantitative estimate of drug-likeness (QED) is 0.380. The fourth-order valence-electron chi connectivity index (χ4n) is 3.47. The molecule has 5 aromatic rings. The third-order valence-corrected chi connectivity index (χ3v) is 5.10. The lowest BCUT2D eigenvalue weighted by atomic mass is 10.1. The smallest absolute Gasteiger partial charge is 0.262 e. The second-order valence-corrected chi connectivity index (χ2v) is 7.28. The first-order valence-corrected chi connectivity index (χ1v) is 10.1. The highest BCUT2D eigenvalue weighted by Gasteiger charge is 2.11. The number of carbonyl (C=O) groups excluding carboxylic acids is 1. The molecular formula is C26H20N2O4. The molecule has 0 radical (unpaired) electrons. The minimum Gasteiger partial charge on any atom is -0.497 e. The summed E-state index contributed by atoms with van der Waals surface area (Å²) < 4.78 is 16.6. The summed E-state index contributed by atoms with van der Waals surface area (Å²) in [5, 5.41) is 5.11. The van der Waals surface area contributed by atoms with Gasteiger partial charge in [0.2, 0.25) is 5.89 Å². The number of rotatable bonds is 6. The first kappa shape index (κ1) is 19.6. The Labute approximate surface area is 184 Å². The number of fused-ring (bicyclic) bond motifs is 2. The molecule has 1 heterocycles. The predicted molar refractivity (Wildman–Crippen MR) is 124 cm³/mol. The molecule has 1 amide bonds. The Hall–Kier alpha value is -4.32. The predicted octanol–water partition coefficient (Wildman–Crippen LogP) is 5.67. The summed E-state index contributed by atoms with van der Waals surface area (Å²) in [7, 11) is 1.60. The van der Waals surface area contributed by atoms with Gasteiger partial charge in [-0.2, -0.15) is 0 Å². The van der Waals surface area contributed by atoms with E-state index in [9.17, 15) is 4.79 Å². The van der Waals surface area contributed by atoms with E-state index in [0.717, 1.165) is 22.1 Å². The maximum Gasteiger partial charge on any atom is 0.262 e. The summed E-state index contributed by atoms with van der Waals surface area (Å²) in [5.74, 6) is 1.59. The van der Waals surface area contributed by atoms with Crippen molar-refractivity contribution in [2.24, 2.45) is 0 Å². The van der Waals surface area contributed by atoms with E-state index in [1.807, 2.05) is 24.3 Å². The average molecular weight is 424 g/mol. The van der Waals surface area contributed by atoms with Crippen LogP contribution in [0.2, 0.25) is 0 Å². The molecule has 0 atom stereocenters. The van der Waals surface area contributed by atoms with Crippen LogP contribution in [0, 0.1) is 0 Å². The molecule has 0 unspecified atom stereocenters. The fraction of sp³-hybridized carbons (Fsp3) is 0.0769. The van der Waals surface area contributed by atoms with Gasteiger partial charge in [-0.1, -0.05) is 30.3 Å². The number of methoxy groups -OCH3 is 1. The van der Waals surface area contributed by atoms with Gasteiger partial charge in [0.25, 0.3) is 5.91 Å². The van der Waals surface area contributed by atoms with Crippen molar-refractivity contribution >= 4 is 33.5 Å². The summed E-state index contributed by atoms with van der Waals surface area (Å²) >= 11 is 0. The lowest BCUT2D eigenvalue weighted by Gasteiger charge is -2.08. The summed E-state index contributed by atoms with van der Waals surface area (Å²) in [6.45, 7) is -0.106. The normalized spacial score (nSPS) is 10.9. The molecule has 6 heteroatoms. The second-order valence-electron chi connectivity index (χ2n) is 7.28. The van der Waals surface area contributed by atoms with Crippen LogP contribution in [0.15, 0.2) is 89.3 Å². The molecule has 32 heavy (non-hydrogen) atoms. The molecule has 0 bridgehead atoms. The van der Waals surface area contributed by atoms with Gasteiger partial charge in [-0.25, -0.2) is 4.98 Å². The Morgan fingerprint density at radius 2 is 1.69 bits per heavy atom. The van der Waals surface area contributed by atoms with Crippen molar-refractivity contribution in [3.8, 4) is 23.0 Å². The van der Waals surface area contributed by atoms with Gasteiger partial charge < -0.3 is 19.2 Å². The van der Waals surface area contributed by atoms with Crippen LogP contribution in [0.25, 0.3) is 33.3 Å². The van der Waals surface area contributed by atoms with Crippen molar-refractivity contribution in [2.45, 2.75) is 0 Å². The number of oxazole rings is 1. The number of ether oxygens (including phenoxy) is 2. The zero-order chi connectivity index (χ0) is 21.9. The number of amides is 1. The van der Waals surface area contributed by atoms with Crippen molar-refractivity contribution in [1.29, 1.82) is 0 Å². The molecule has 0 aliphatic heterocycles. The summed E-state index contributed by atoms with van der Waals surface area (Å²) in [4.78, 5) is 16.9. The molecule has 0 spiro atoms. The number of hydrogen-bond donors (Lipinski definition) is 1. The van der Waals surface area contributed by atoms with E-state index < -0.39 is 0 Å². The van der Waals surface area contributed by atoms with Crippen LogP contribution in [-0.2, 0) is 4.79 Å². The first-order valence-electron chi connectivity index (χ1n) is 10.1. The molecule has 4 aromatic carbocycles. The molecule has 1 aromatic heterocycles. The minimum absolute atomic E-state index is 0.106. The van der Waals surface area contributed by atoms with Crippen LogP contribution in [-0.4, -0.2) is 24.6 Å². The van der Waals surface area contributed by atoms with E-state index in [0.29, 0.717) is 28.4 Å². The molecule has 158 valence electrons. The topological polar surface area (TPSA) is 73.6 Å². The number of benzene rings is 4. The first-order chi connectivity index (χ1) is 15.7. The number of nitrogens with zero attached hydrogens (tertiary/aromatic N) is 1. The van der Waals surface area contributed by atoms with Gasteiger partial charge in [0.1, 0.15) is 17.0 Å². The Morgan fingerprint density at radius 3 is 2.50 bits per heavy atom. The van der Waals surface area contributed by atoms with E-state index >= 15 is 0 Å². The molecule has 5 rings (SSSR count). The number of hydrogen-bond acceptors (Lipinski definition) is 5. The van der Waals surface area contributed by atoms with Gasteiger partial charge in [0.05, 0.1) is 7.11 Å².